The van der Waals surface area contributed by atoms with Crippen molar-refractivity contribution in [1.82, 2.24) is 14.9 Å². The largest absolute Gasteiger partial charge is 0.451 e. The molecule has 2 aromatic carbocycles. The molecule has 0 spiro atoms. The lowest BCUT2D eigenvalue weighted by atomic mass is 10.1. The molecule has 4 aromatic rings. The number of rotatable bonds is 4. The standard InChI is InChI=1S/C22H19N3O3S/c26-22(25-10-12-27-13-11-25)20(15-6-2-1-3-7-15)29-21-19-18(23-14-24-21)16-8-4-5-9-17(16)28-19/h1-9,14,20H,10-13H2/t20-/m1/s1. The van der Waals surface area contributed by atoms with Crippen LogP contribution in [0.4, 0.5) is 0 Å². The van der Waals surface area contributed by atoms with E-state index in [4.69, 9.17) is 9.15 Å². The third kappa shape index (κ3) is 3.47. The Morgan fingerprint density at radius 2 is 1.76 bits per heavy atom. The molecule has 0 bridgehead atoms. The fourth-order valence-electron chi connectivity index (χ4n) is 3.54. The van der Waals surface area contributed by atoms with Crippen molar-refractivity contribution in [2.24, 2.45) is 0 Å². The summed E-state index contributed by atoms with van der Waals surface area (Å²) in [6.45, 7) is 2.34. The number of thioether (sulfide) groups is 1. The van der Waals surface area contributed by atoms with Crippen molar-refractivity contribution in [1.29, 1.82) is 0 Å². The van der Waals surface area contributed by atoms with E-state index in [1.54, 1.807) is 0 Å². The van der Waals surface area contributed by atoms with E-state index in [2.05, 4.69) is 9.97 Å². The van der Waals surface area contributed by atoms with Gasteiger partial charge in [-0.25, -0.2) is 9.97 Å². The molecule has 7 heteroatoms. The van der Waals surface area contributed by atoms with Gasteiger partial charge in [0.25, 0.3) is 0 Å². The second-order valence-electron chi connectivity index (χ2n) is 6.80. The van der Waals surface area contributed by atoms with Crippen LogP contribution in [0.1, 0.15) is 10.8 Å². The molecule has 3 heterocycles. The second-order valence-corrected chi connectivity index (χ2v) is 7.89. The normalized spacial score (nSPS) is 15.7. The van der Waals surface area contributed by atoms with E-state index >= 15 is 0 Å². The molecule has 0 saturated carbocycles. The van der Waals surface area contributed by atoms with E-state index in [1.165, 1.54) is 18.1 Å². The van der Waals surface area contributed by atoms with E-state index in [0.29, 0.717) is 36.9 Å². The number of benzene rings is 2. The van der Waals surface area contributed by atoms with Gasteiger partial charge in [-0.2, -0.15) is 0 Å². The van der Waals surface area contributed by atoms with E-state index in [9.17, 15) is 4.79 Å². The Morgan fingerprint density at radius 1 is 1.00 bits per heavy atom. The molecule has 0 aliphatic carbocycles. The molecule has 1 atom stereocenters. The van der Waals surface area contributed by atoms with Crippen molar-refractivity contribution in [3.8, 4) is 0 Å². The van der Waals surface area contributed by atoms with Crippen molar-refractivity contribution in [2.45, 2.75) is 10.3 Å². The number of ether oxygens (including phenoxy) is 1. The Balaban J connectivity index is 1.56. The molecule has 6 nitrogen and oxygen atoms in total. The minimum atomic E-state index is -0.416. The van der Waals surface area contributed by atoms with Crippen LogP contribution in [-0.2, 0) is 9.53 Å². The topological polar surface area (TPSA) is 68.5 Å². The Hall–Kier alpha value is -2.90. The Morgan fingerprint density at radius 3 is 2.59 bits per heavy atom. The number of carbonyl (C=O) groups is 1. The molecule has 0 N–H and O–H groups in total. The number of hydrogen-bond donors (Lipinski definition) is 0. The van der Waals surface area contributed by atoms with Gasteiger partial charge in [0.15, 0.2) is 5.58 Å². The molecular formula is C22H19N3O3S. The monoisotopic (exact) mass is 405 g/mol. The highest BCUT2D eigenvalue weighted by Gasteiger charge is 2.30. The van der Waals surface area contributed by atoms with Crippen LogP contribution < -0.4 is 0 Å². The summed E-state index contributed by atoms with van der Waals surface area (Å²) in [6.07, 6.45) is 1.54. The summed E-state index contributed by atoms with van der Waals surface area (Å²) in [7, 11) is 0. The number of morpholine rings is 1. The highest BCUT2D eigenvalue weighted by molar-refractivity contribution is 8.00. The van der Waals surface area contributed by atoms with Gasteiger partial charge in [-0.15, -0.1) is 0 Å². The van der Waals surface area contributed by atoms with Gasteiger partial charge in [-0.3, -0.25) is 4.79 Å². The molecule has 1 aliphatic rings. The molecule has 146 valence electrons. The first-order valence-electron chi connectivity index (χ1n) is 9.51. The zero-order chi connectivity index (χ0) is 19.6. The molecule has 0 unspecified atom stereocenters. The molecule has 0 radical (unpaired) electrons. The van der Waals surface area contributed by atoms with Crippen molar-refractivity contribution in [2.75, 3.05) is 26.3 Å². The highest BCUT2D eigenvalue weighted by atomic mass is 32.2. The van der Waals surface area contributed by atoms with Gasteiger partial charge < -0.3 is 14.1 Å². The molecule has 2 aromatic heterocycles. The number of aromatic nitrogens is 2. The molecule has 29 heavy (non-hydrogen) atoms. The predicted octanol–water partition coefficient (Wildman–Crippen LogP) is 4.07. The van der Waals surface area contributed by atoms with E-state index in [-0.39, 0.29) is 5.91 Å². The molecule has 5 rings (SSSR count). The third-order valence-corrected chi connectivity index (χ3v) is 6.23. The second kappa shape index (κ2) is 7.85. The maximum Gasteiger partial charge on any atom is 0.240 e. The number of amides is 1. The number of nitrogens with zero attached hydrogens (tertiary/aromatic N) is 3. The van der Waals surface area contributed by atoms with Crippen LogP contribution in [0.15, 0.2) is 70.4 Å². The van der Waals surface area contributed by atoms with Gasteiger partial charge in [0, 0.05) is 18.5 Å². The molecule has 1 amide bonds. The van der Waals surface area contributed by atoms with Gasteiger partial charge in [0.1, 0.15) is 27.7 Å². The van der Waals surface area contributed by atoms with Gasteiger partial charge in [-0.1, -0.05) is 54.2 Å². The summed E-state index contributed by atoms with van der Waals surface area (Å²) in [5.74, 6) is 0.0624. The smallest absolute Gasteiger partial charge is 0.240 e. The van der Waals surface area contributed by atoms with Gasteiger partial charge in [0.05, 0.1) is 13.2 Å². The van der Waals surface area contributed by atoms with E-state index in [1.807, 2.05) is 59.5 Å². The first kappa shape index (κ1) is 18.1. The average Bonchev–Trinajstić information content (AvgIpc) is 3.18. The van der Waals surface area contributed by atoms with Gasteiger partial charge in [0.2, 0.25) is 5.91 Å². The van der Waals surface area contributed by atoms with Crippen LogP contribution in [0.5, 0.6) is 0 Å². The van der Waals surface area contributed by atoms with Crippen molar-refractivity contribution >= 4 is 39.7 Å². The van der Waals surface area contributed by atoms with Crippen LogP contribution >= 0.6 is 11.8 Å². The Kier molecular flexibility index (Phi) is 4.91. The van der Waals surface area contributed by atoms with Gasteiger partial charge >= 0.3 is 0 Å². The van der Waals surface area contributed by atoms with Crippen LogP contribution in [0.2, 0.25) is 0 Å². The number of fused-ring (bicyclic) bond motifs is 3. The maximum absolute atomic E-state index is 13.4. The summed E-state index contributed by atoms with van der Waals surface area (Å²) in [5.41, 5.74) is 3.09. The molecular weight excluding hydrogens is 386 g/mol. The van der Waals surface area contributed by atoms with E-state index < -0.39 is 5.25 Å². The summed E-state index contributed by atoms with van der Waals surface area (Å²) < 4.78 is 11.5. The van der Waals surface area contributed by atoms with E-state index in [0.717, 1.165) is 22.0 Å². The number of hydrogen-bond acceptors (Lipinski definition) is 6. The van der Waals surface area contributed by atoms with Crippen LogP contribution in [0.25, 0.3) is 22.1 Å². The lowest BCUT2D eigenvalue weighted by Crippen LogP contribution is -2.42. The molecule has 1 aliphatic heterocycles. The summed E-state index contributed by atoms with van der Waals surface area (Å²) >= 11 is 1.41. The van der Waals surface area contributed by atoms with Crippen molar-refractivity contribution in [3.05, 3.63) is 66.5 Å². The minimum Gasteiger partial charge on any atom is -0.451 e. The fourth-order valence-corrected chi connectivity index (χ4v) is 4.66. The SMILES string of the molecule is O=C([C@H](Sc1ncnc2c1oc1ccccc12)c1ccccc1)N1CCOCC1. The van der Waals surface area contributed by atoms with Crippen molar-refractivity contribution < 1.29 is 13.9 Å². The van der Waals surface area contributed by atoms with Gasteiger partial charge in [-0.05, 0) is 17.7 Å². The molecule has 1 saturated heterocycles. The number of para-hydroxylation sites is 1. The first-order valence-corrected chi connectivity index (χ1v) is 10.4. The highest BCUT2D eigenvalue weighted by Crippen LogP contribution is 2.40. The summed E-state index contributed by atoms with van der Waals surface area (Å²) in [4.78, 5) is 24.1. The number of furan rings is 1. The Labute approximate surface area is 171 Å². The third-order valence-electron chi connectivity index (χ3n) is 5.00. The predicted molar refractivity (Wildman–Crippen MR) is 112 cm³/mol. The minimum absolute atomic E-state index is 0.0624. The zero-order valence-corrected chi connectivity index (χ0v) is 16.5. The zero-order valence-electron chi connectivity index (χ0n) is 15.7. The van der Waals surface area contributed by atoms with Crippen LogP contribution in [0, 0.1) is 0 Å². The quantitative estimate of drug-likeness (QED) is 0.377. The average molecular weight is 405 g/mol. The first-order chi connectivity index (χ1) is 14.3. The fraction of sp³-hybridized carbons (Fsp3) is 0.227. The summed E-state index contributed by atoms with van der Waals surface area (Å²) in [6, 6.07) is 17.6. The lowest BCUT2D eigenvalue weighted by molar-refractivity contribution is -0.134. The Bertz CT molecular complexity index is 1160. The maximum atomic E-state index is 13.4. The molecule has 1 fully saturated rings. The number of carbonyl (C=O) groups excluding carboxylic acids is 1. The van der Waals surface area contributed by atoms with Crippen molar-refractivity contribution in [3.63, 3.8) is 0 Å². The van der Waals surface area contributed by atoms with Crippen LogP contribution in [0.3, 0.4) is 0 Å². The summed E-state index contributed by atoms with van der Waals surface area (Å²) in [5, 5.41) is 1.20. The van der Waals surface area contributed by atoms with Crippen LogP contribution in [-0.4, -0.2) is 47.1 Å². The lowest BCUT2D eigenvalue weighted by Gasteiger charge is -2.30.